The Kier molecular flexibility index (Phi) is 3.93. The van der Waals surface area contributed by atoms with Gasteiger partial charge in [-0.2, -0.15) is 9.61 Å². The predicted molar refractivity (Wildman–Crippen MR) is 92.4 cm³/mol. The zero-order valence-electron chi connectivity index (χ0n) is 13.1. The van der Waals surface area contributed by atoms with Crippen LogP contribution in [0, 0.1) is 0 Å². The average Bonchev–Trinajstić information content (AvgIpc) is 3.17. The molecule has 0 spiro atoms. The minimum absolute atomic E-state index is 0.855. The zero-order valence-corrected chi connectivity index (χ0v) is 14.0. The van der Waals surface area contributed by atoms with Gasteiger partial charge in [0.2, 0.25) is 4.96 Å². The van der Waals surface area contributed by atoms with E-state index in [-0.39, 0.29) is 0 Å². The molecule has 0 unspecified atom stereocenters. The molecule has 4 rings (SSSR count). The van der Waals surface area contributed by atoms with Gasteiger partial charge in [0.05, 0.1) is 0 Å². The van der Waals surface area contributed by atoms with Crippen LogP contribution in [0.4, 0.5) is 0 Å². The van der Waals surface area contributed by atoms with Gasteiger partial charge in [-0.3, -0.25) is 4.90 Å². The lowest BCUT2D eigenvalue weighted by Gasteiger charge is -2.25. The molecular formula is C17H19N5S. The van der Waals surface area contributed by atoms with Crippen molar-refractivity contribution >= 4 is 21.9 Å². The Labute approximate surface area is 139 Å². The number of fused-ring (bicyclic) bond motifs is 1. The maximum atomic E-state index is 4.70. The molecule has 0 N–H and O–H groups in total. The second kappa shape index (κ2) is 6.22. The summed E-state index contributed by atoms with van der Waals surface area (Å²) in [6.45, 7) is 5.14. The lowest BCUT2D eigenvalue weighted by atomic mass is 10.1. The molecule has 0 bridgehead atoms. The predicted octanol–water partition coefficient (Wildman–Crippen LogP) is 3.04. The highest BCUT2D eigenvalue weighted by atomic mass is 32.1. The zero-order chi connectivity index (χ0) is 15.6. The van der Waals surface area contributed by atoms with Crippen LogP contribution >= 0.6 is 11.3 Å². The quantitative estimate of drug-likeness (QED) is 0.740. The largest absolute Gasteiger partial charge is 0.295 e. The lowest BCUT2D eigenvalue weighted by Crippen LogP contribution is -2.28. The summed E-state index contributed by atoms with van der Waals surface area (Å²) >= 11 is 1.64. The van der Waals surface area contributed by atoms with Crippen molar-refractivity contribution in [3.05, 3.63) is 52.8 Å². The number of benzene rings is 1. The smallest absolute Gasteiger partial charge is 0.234 e. The van der Waals surface area contributed by atoms with Gasteiger partial charge in [-0.1, -0.05) is 54.7 Å². The van der Waals surface area contributed by atoms with E-state index in [2.05, 4.69) is 58.4 Å². The number of aryl methyl sites for hydroxylation is 1. The van der Waals surface area contributed by atoms with E-state index in [0.29, 0.717) is 0 Å². The molecule has 3 heterocycles. The third-order valence-corrected chi connectivity index (χ3v) is 5.16. The molecule has 5 nitrogen and oxygen atoms in total. The molecule has 3 aromatic rings. The number of aromatic nitrogens is 4. The molecule has 2 aromatic heterocycles. The van der Waals surface area contributed by atoms with Gasteiger partial charge in [0.15, 0.2) is 5.82 Å². The van der Waals surface area contributed by atoms with E-state index in [1.165, 1.54) is 11.1 Å². The van der Waals surface area contributed by atoms with Crippen molar-refractivity contribution in [3.63, 3.8) is 0 Å². The summed E-state index contributed by atoms with van der Waals surface area (Å²) in [5.74, 6) is 0.935. The summed E-state index contributed by atoms with van der Waals surface area (Å²) in [4.78, 5) is 3.36. The van der Waals surface area contributed by atoms with Crippen LogP contribution in [0.2, 0.25) is 0 Å². The van der Waals surface area contributed by atoms with Gasteiger partial charge < -0.3 is 0 Å². The fourth-order valence-electron chi connectivity index (χ4n) is 2.90. The monoisotopic (exact) mass is 325 g/mol. The van der Waals surface area contributed by atoms with Gasteiger partial charge in [0, 0.05) is 26.1 Å². The Bertz CT molecular complexity index is 833. The molecule has 0 aliphatic carbocycles. The standard InChI is InChI=1S/C17H19N5S/c1-2-15-18-19-17-22(15)20-16(23-17)14-8-10-21(11-9-14)12-13-6-4-3-5-7-13/h3-8H,2,9-12H2,1H3. The van der Waals surface area contributed by atoms with Crippen molar-refractivity contribution < 1.29 is 0 Å². The van der Waals surface area contributed by atoms with E-state index >= 15 is 0 Å². The molecule has 0 atom stereocenters. The molecule has 6 heteroatoms. The van der Waals surface area contributed by atoms with Crippen molar-refractivity contribution in [2.24, 2.45) is 0 Å². The van der Waals surface area contributed by atoms with Crippen molar-refractivity contribution in [1.82, 2.24) is 24.7 Å². The van der Waals surface area contributed by atoms with Crippen LogP contribution < -0.4 is 0 Å². The molecule has 23 heavy (non-hydrogen) atoms. The molecule has 0 saturated heterocycles. The van der Waals surface area contributed by atoms with E-state index in [1.54, 1.807) is 11.3 Å². The maximum Gasteiger partial charge on any atom is 0.234 e. The minimum Gasteiger partial charge on any atom is -0.295 e. The Morgan fingerprint density at radius 3 is 2.78 bits per heavy atom. The van der Waals surface area contributed by atoms with Gasteiger partial charge in [-0.25, -0.2) is 0 Å². The summed E-state index contributed by atoms with van der Waals surface area (Å²) < 4.78 is 1.89. The molecule has 0 saturated carbocycles. The number of rotatable bonds is 4. The lowest BCUT2D eigenvalue weighted by molar-refractivity contribution is 0.294. The number of hydrogen-bond acceptors (Lipinski definition) is 5. The van der Waals surface area contributed by atoms with Crippen LogP contribution in [-0.2, 0) is 13.0 Å². The Hall–Kier alpha value is -2.05. The van der Waals surface area contributed by atoms with Crippen LogP contribution in [0.5, 0.6) is 0 Å². The van der Waals surface area contributed by atoms with Crippen molar-refractivity contribution in [3.8, 4) is 0 Å². The highest BCUT2D eigenvalue weighted by molar-refractivity contribution is 7.17. The highest BCUT2D eigenvalue weighted by Gasteiger charge is 2.18. The van der Waals surface area contributed by atoms with Crippen molar-refractivity contribution in [2.45, 2.75) is 26.3 Å². The number of nitrogens with zero attached hydrogens (tertiary/aromatic N) is 5. The third kappa shape index (κ3) is 2.92. The van der Waals surface area contributed by atoms with Crippen LogP contribution in [0.1, 0.15) is 29.7 Å². The van der Waals surface area contributed by atoms with E-state index in [1.807, 2.05) is 4.52 Å². The van der Waals surface area contributed by atoms with E-state index < -0.39 is 0 Å². The second-order valence-electron chi connectivity index (χ2n) is 5.77. The third-order valence-electron chi connectivity index (χ3n) is 4.19. The normalized spacial score (nSPS) is 16.0. The number of hydrogen-bond donors (Lipinski definition) is 0. The van der Waals surface area contributed by atoms with Gasteiger partial charge in [-0.05, 0) is 17.6 Å². The molecule has 0 fully saturated rings. The summed E-state index contributed by atoms with van der Waals surface area (Å²) in [5, 5.41) is 14.1. The SMILES string of the molecule is CCc1nnc2sc(C3=CCN(Cc4ccccc4)CC3)nn12. The first-order chi connectivity index (χ1) is 11.3. The summed E-state index contributed by atoms with van der Waals surface area (Å²) in [6, 6.07) is 10.6. The summed E-state index contributed by atoms with van der Waals surface area (Å²) in [5.41, 5.74) is 2.71. The Morgan fingerprint density at radius 2 is 2.04 bits per heavy atom. The summed E-state index contributed by atoms with van der Waals surface area (Å²) in [7, 11) is 0. The Balaban J connectivity index is 1.49. The van der Waals surface area contributed by atoms with E-state index in [0.717, 1.165) is 48.3 Å². The second-order valence-corrected chi connectivity index (χ2v) is 6.73. The Morgan fingerprint density at radius 1 is 1.17 bits per heavy atom. The van der Waals surface area contributed by atoms with Crippen LogP contribution in [0.3, 0.4) is 0 Å². The van der Waals surface area contributed by atoms with E-state index in [9.17, 15) is 0 Å². The fraction of sp³-hybridized carbons (Fsp3) is 0.353. The first-order valence-electron chi connectivity index (χ1n) is 8.00. The molecule has 0 amide bonds. The molecule has 0 radical (unpaired) electrons. The fourth-order valence-corrected chi connectivity index (χ4v) is 3.82. The minimum atomic E-state index is 0.855. The van der Waals surface area contributed by atoms with Crippen LogP contribution in [0.15, 0.2) is 36.4 Å². The van der Waals surface area contributed by atoms with Gasteiger partial charge in [0.1, 0.15) is 5.01 Å². The average molecular weight is 325 g/mol. The molecule has 1 aliphatic rings. The van der Waals surface area contributed by atoms with Gasteiger partial charge in [0.25, 0.3) is 0 Å². The van der Waals surface area contributed by atoms with Gasteiger partial charge in [-0.15, -0.1) is 10.2 Å². The molecule has 118 valence electrons. The van der Waals surface area contributed by atoms with Crippen LogP contribution in [-0.4, -0.2) is 37.8 Å². The van der Waals surface area contributed by atoms with E-state index in [4.69, 9.17) is 5.10 Å². The topological polar surface area (TPSA) is 46.3 Å². The van der Waals surface area contributed by atoms with Crippen molar-refractivity contribution in [1.29, 1.82) is 0 Å². The molecule has 1 aliphatic heterocycles. The summed E-state index contributed by atoms with van der Waals surface area (Å²) in [6.07, 6.45) is 4.20. The molecule has 1 aromatic carbocycles. The molecular weight excluding hydrogens is 306 g/mol. The highest BCUT2D eigenvalue weighted by Crippen LogP contribution is 2.27. The van der Waals surface area contributed by atoms with Gasteiger partial charge >= 0.3 is 0 Å². The van der Waals surface area contributed by atoms with Crippen LogP contribution in [0.25, 0.3) is 10.5 Å². The first-order valence-corrected chi connectivity index (χ1v) is 8.82. The first kappa shape index (κ1) is 14.5. The van der Waals surface area contributed by atoms with Crippen molar-refractivity contribution in [2.75, 3.05) is 13.1 Å². The maximum absolute atomic E-state index is 4.70.